The van der Waals surface area contributed by atoms with E-state index in [1.807, 2.05) is 26.2 Å². The Kier molecular flexibility index (Phi) is 7.90. The van der Waals surface area contributed by atoms with Crippen molar-refractivity contribution in [3.63, 3.8) is 0 Å². The van der Waals surface area contributed by atoms with Crippen molar-refractivity contribution in [2.75, 3.05) is 18.5 Å². The van der Waals surface area contributed by atoms with Crippen molar-refractivity contribution in [1.82, 2.24) is 0 Å². The van der Waals surface area contributed by atoms with E-state index in [1.54, 1.807) is 42.5 Å². The third-order valence-corrected chi connectivity index (χ3v) is 4.20. The van der Waals surface area contributed by atoms with E-state index >= 15 is 0 Å². The van der Waals surface area contributed by atoms with Crippen molar-refractivity contribution in [3.8, 4) is 11.2 Å². The zero-order valence-electron chi connectivity index (χ0n) is 16.0. The maximum Gasteiger partial charge on any atom is 0.338 e. The normalized spacial score (nSPS) is 10.2. The summed E-state index contributed by atoms with van der Waals surface area (Å²) in [7, 11) is 0. The first kappa shape index (κ1) is 21.3. The van der Waals surface area contributed by atoms with E-state index in [9.17, 15) is 9.59 Å². The van der Waals surface area contributed by atoms with E-state index in [-0.39, 0.29) is 0 Å². The molecule has 0 spiro atoms. The van der Waals surface area contributed by atoms with E-state index in [1.165, 1.54) is 0 Å². The number of carbonyl (C=O) groups excluding carboxylic acids is 2. The second kappa shape index (κ2) is 10.4. The lowest BCUT2D eigenvalue weighted by Gasteiger charge is -2.11. The summed E-state index contributed by atoms with van der Waals surface area (Å²) in [6.07, 6.45) is 0. The second-order valence-corrected chi connectivity index (χ2v) is 7.39. The molecule has 2 aromatic rings. The van der Waals surface area contributed by atoms with Crippen LogP contribution in [0.2, 0.25) is 0 Å². The Morgan fingerprint density at radius 2 is 2.00 bits per heavy atom. The highest BCUT2D eigenvalue weighted by Gasteiger charge is 2.12. The molecular formula is C21H22N2O4S. The van der Waals surface area contributed by atoms with Gasteiger partial charge in [0.05, 0.1) is 12.2 Å². The first-order valence-corrected chi connectivity index (χ1v) is 9.57. The predicted molar refractivity (Wildman–Crippen MR) is 108 cm³/mol. The summed E-state index contributed by atoms with van der Waals surface area (Å²) < 4.78 is 10.7. The standard InChI is InChI=1S/C21H22N2O4S/c1-14(2)11-26-17-6-4-5-16(10-17)21(25)27-12-20(24)23-19-8-7-18(28-13-22)9-15(19)3/h4-10,14H,11-12H2,1-3H3,(H,23,24). The molecule has 2 rings (SSSR count). The van der Waals surface area contributed by atoms with Crippen molar-refractivity contribution in [1.29, 1.82) is 5.26 Å². The monoisotopic (exact) mass is 398 g/mol. The summed E-state index contributed by atoms with van der Waals surface area (Å²) >= 11 is 1.05. The van der Waals surface area contributed by atoms with Gasteiger partial charge in [-0.3, -0.25) is 4.79 Å². The third kappa shape index (κ3) is 6.63. The number of ether oxygens (including phenoxy) is 2. The second-order valence-electron chi connectivity index (χ2n) is 6.53. The van der Waals surface area contributed by atoms with Crippen molar-refractivity contribution in [2.24, 2.45) is 5.92 Å². The number of aryl methyl sites for hydroxylation is 1. The van der Waals surface area contributed by atoms with Crippen LogP contribution in [0.5, 0.6) is 5.75 Å². The fraction of sp³-hybridized carbons (Fsp3) is 0.286. The number of carbonyl (C=O) groups is 2. The number of hydrogen-bond donors (Lipinski definition) is 1. The van der Waals surface area contributed by atoms with Gasteiger partial charge < -0.3 is 14.8 Å². The molecule has 28 heavy (non-hydrogen) atoms. The molecule has 0 saturated heterocycles. The number of anilines is 1. The molecule has 1 N–H and O–H groups in total. The van der Waals surface area contributed by atoms with Gasteiger partial charge in [-0.1, -0.05) is 19.9 Å². The molecule has 146 valence electrons. The molecule has 0 fully saturated rings. The average molecular weight is 398 g/mol. The Morgan fingerprint density at radius 3 is 2.68 bits per heavy atom. The van der Waals surface area contributed by atoms with Gasteiger partial charge in [-0.15, -0.1) is 0 Å². The van der Waals surface area contributed by atoms with Gasteiger partial charge in [-0.25, -0.2) is 4.79 Å². The number of esters is 1. The van der Waals surface area contributed by atoms with Gasteiger partial charge in [-0.2, -0.15) is 5.26 Å². The van der Waals surface area contributed by atoms with Gasteiger partial charge in [0, 0.05) is 10.6 Å². The van der Waals surface area contributed by atoms with Crippen molar-refractivity contribution in [2.45, 2.75) is 25.7 Å². The van der Waals surface area contributed by atoms with Crippen LogP contribution in [-0.2, 0) is 9.53 Å². The highest BCUT2D eigenvalue weighted by molar-refractivity contribution is 8.03. The molecule has 0 radical (unpaired) electrons. The molecule has 6 nitrogen and oxygen atoms in total. The highest BCUT2D eigenvalue weighted by atomic mass is 32.2. The predicted octanol–water partition coefficient (Wildman–Crippen LogP) is 4.40. The maximum atomic E-state index is 12.2. The summed E-state index contributed by atoms with van der Waals surface area (Å²) in [6, 6.07) is 11.9. The van der Waals surface area contributed by atoms with Crippen LogP contribution >= 0.6 is 11.8 Å². The Labute approximate surface area is 168 Å². The zero-order chi connectivity index (χ0) is 20.5. The molecule has 0 aromatic heterocycles. The Bertz CT molecular complexity index is 890. The quantitative estimate of drug-likeness (QED) is 0.403. The van der Waals surface area contributed by atoms with Gasteiger partial charge in [0.1, 0.15) is 11.2 Å². The number of amides is 1. The first-order valence-electron chi connectivity index (χ1n) is 8.75. The molecule has 0 unspecified atom stereocenters. The van der Waals surface area contributed by atoms with Crippen molar-refractivity contribution >= 4 is 29.3 Å². The summed E-state index contributed by atoms with van der Waals surface area (Å²) in [5.41, 5.74) is 1.74. The van der Waals surface area contributed by atoms with Crippen LogP contribution in [-0.4, -0.2) is 25.1 Å². The Hall–Kier alpha value is -2.98. The van der Waals surface area contributed by atoms with Gasteiger partial charge in [-0.05, 0) is 66.6 Å². The van der Waals surface area contributed by atoms with Gasteiger partial charge in [0.2, 0.25) is 0 Å². The molecule has 0 heterocycles. The molecule has 0 aliphatic heterocycles. The van der Waals surface area contributed by atoms with Crippen LogP contribution < -0.4 is 10.1 Å². The smallest absolute Gasteiger partial charge is 0.338 e. The minimum Gasteiger partial charge on any atom is -0.493 e. The van der Waals surface area contributed by atoms with Gasteiger partial charge >= 0.3 is 5.97 Å². The SMILES string of the molecule is Cc1cc(SC#N)ccc1NC(=O)COC(=O)c1cccc(OCC(C)C)c1. The van der Waals surface area contributed by atoms with Crippen molar-refractivity contribution in [3.05, 3.63) is 53.6 Å². The van der Waals surface area contributed by atoms with E-state index in [4.69, 9.17) is 14.7 Å². The number of thiocyanates is 1. The van der Waals surface area contributed by atoms with E-state index in [0.29, 0.717) is 29.5 Å². The van der Waals surface area contributed by atoms with Crippen LogP contribution in [0.15, 0.2) is 47.4 Å². The Morgan fingerprint density at radius 1 is 1.21 bits per heavy atom. The van der Waals surface area contributed by atoms with E-state index < -0.39 is 18.5 Å². The van der Waals surface area contributed by atoms with Gasteiger partial charge in [0.25, 0.3) is 5.91 Å². The topological polar surface area (TPSA) is 88.4 Å². The molecule has 1 amide bonds. The molecule has 0 aliphatic rings. The number of rotatable bonds is 8. The summed E-state index contributed by atoms with van der Waals surface area (Å²) in [6.45, 7) is 6.05. The average Bonchev–Trinajstić information content (AvgIpc) is 2.67. The molecule has 0 saturated carbocycles. The molecule has 7 heteroatoms. The zero-order valence-corrected chi connectivity index (χ0v) is 16.8. The maximum absolute atomic E-state index is 12.2. The molecular weight excluding hydrogens is 376 g/mol. The number of benzene rings is 2. The fourth-order valence-electron chi connectivity index (χ4n) is 2.27. The minimum atomic E-state index is -0.595. The molecule has 0 atom stereocenters. The third-order valence-electron chi connectivity index (χ3n) is 3.62. The number of nitrogens with one attached hydrogen (secondary N) is 1. The summed E-state index contributed by atoms with van der Waals surface area (Å²) in [5.74, 6) is -0.0825. The largest absolute Gasteiger partial charge is 0.493 e. The summed E-state index contributed by atoms with van der Waals surface area (Å²) in [5, 5.41) is 13.4. The van der Waals surface area contributed by atoms with Gasteiger partial charge in [0.15, 0.2) is 6.61 Å². The van der Waals surface area contributed by atoms with Crippen molar-refractivity contribution < 1.29 is 19.1 Å². The van der Waals surface area contributed by atoms with Crippen LogP contribution in [0.25, 0.3) is 0 Å². The van der Waals surface area contributed by atoms with E-state index in [2.05, 4.69) is 5.32 Å². The van der Waals surface area contributed by atoms with E-state index in [0.717, 1.165) is 22.2 Å². The van der Waals surface area contributed by atoms with Crippen LogP contribution in [0.1, 0.15) is 29.8 Å². The minimum absolute atomic E-state index is 0.322. The van der Waals surface area contributed by atoms with Crippen LogP contribution in [0.3, 0.4) is 0 Å². The molecule has 0 bridgehead atoms. The highest BCUT2D eigenvalue weighted by Crippen LogP contribution is 2.23. The fourth-order valence-corrected chi connectivity index (χ4v) is 2.75. The molecule has 0 aliphatic carbocycles. The number of nitriles is 1. The van der Waals surface area contributed by atoms with Crippen LogP contribution in [0, 0.1) is 23.5 Å². The molecule has 2 aromatic carbocycles. The lowest BCUT2D eigenvalue weighted by molar-refractivity contribution is -0.119. The Balaban J connectivity index is 1.89. The first-order chi connectivity index (χ1) is 13.4. The lowest BCUT2D eigenvalue weighted by atomic mass is 10.2. The summed E-state index contributed by atoms with van der Waals surface area (Å²) in [4.78, 5) is 25.1. The number of thioether (sulfide) groups is 1. The number of nitrogens with zero attached hydrogens (tertiary/aromatic N) is 1. The van der Waals surface area contributed by atoms with Crippen LogP contribution in [0.4, 0.5) is 5.69 Å². The number of hydrogen-bond acceptors (Lipinski definition) is 6. The lowest BCUT2D eigenvalue weighted by Crippen LogP contribution is -2.21.